The lowest BCUT2D eigenvalue weighted by Gasteiger charge is -2.05. The van der Waals surface area contributed by atoms with Gasteiger partial charge in [0.15, 0.2) is 5.58 Å². The van der Waals surface area contributed by atoms with Crippen LogP contribution in [-0.2, 0) is 6.54 Å². The SMILES string of the molecule is O=c1oc2ccccc2n1CCSc1ncnc2ccccc12. The van der Waals surface area contributed by atoms with Crippen molar-refractivity contribution in [2.24, 2.45) is 0 Å². The average Bonchev–Trinajstić information content (AvgIpc) is 2.91. The van der Waals surface area contributed by atoms with Crippen molar-refractivity contribution in [2.75, 3.05) is 5.75 Å². The summed E-state index contributed by atoms with van der Waals surface area (Å²) in [5.74, 6) is 0.407. The molecule has 0 aliphatic rings. The number of aryl methyl sites for hydroxylation is 1. The number of aromatic nitrogens is 3. The van der Waals surface area contributed by atoms with Gasteiger partial charge >= 0.3 is 5.76 Å². The van der Waals surface area contributed by atoms with E-state index < -0.39 is 0 Å². The first-order chi connectivity index (χ1) is 11.3. The number of nitrogens with zero attached hydrogens (tertiary/aromatic N) is 3. The molecule has 2 aromatic heterocycles. The zero-order valence-corrected chi connectivity index (χ0v) is 13.0. The van der Waals surface area contributed by atoms with Gasteiger partial charge in [-0.05, 0) is 18.2 Å². The quantitative estimate of drug-likeness (QED) is 0.426. The zero-order valence-electron chi connectivity index (χ0n) is 12.2. The van der Waals surface area contributed by atoms with E-state index in [4.69, 9.17) is 4.42 Å². The fourth-order valence-electron chi connectivity index (χ4n) is 2.55. The van der Waals surface area contributed by atoms with Gasteiger partial charge in [-0.3, -0.25) is 4.57 Å². The molecule has 0 bridgehead atoms. The van der Waals surface area contributed by atoms with E-state index in [0.717, 1.165) is 27.2 Å². The smallest absolute Gasteiger partial charge is 0.408 e. The highest BCUT2D eigenvalue weighted by Crippen LogP contribution is 2.24. The maximum absolute atomic E-state index is 12.0. The van der Waals surface area contributed by atoms with Gasteiger partial charge in [-0.1, -0.05) is 30.3 Å². The van der Waals surface area contributed by atoms with Crippen molar-refractivity contribution in [3.8, 4) is 0 Å². The molecule has 4 aromatic rings. The molecule has 0 aliphatic carbocycles. The van der Waals surface area contributed by atoms with Crippen LogP contribution in [0.15, 0.2) is 69.1 Å². The standard InChI is InChI=1S/C17H13N3O2S/c21-17-20(14-7-3-4-8-15(14)22-17)9-10-23-16-12-5-1-2-6-13(12)18-11-19-16/h1-8,11H,9-10H2. The van der Waals surface area contributed by atoms with Gasteiger partial charge in [-0.2, -0.15) is 0 Å². The Morgan fingerprint density at radius 2 is 1.87 bits per heavy atom. The predicted molar refractivity (Wildman–Crippen MR) is 90.7 cm³/mol. The summed E-state index contributed by atoms with van der Waals surface area (Å²) in [5, 5.41) is 1.96. The number of hydrogen-bond acceptors (Lipinski definition) is 5. The third kappa shape index (κ3) is 2.61. The summed E-state index contributed by atoms with van der Waals surface area (Å²) in [6, 6.07) is 15.4. The van der Waals surface area contributed by atoms with Crippen LogP contribution >= 0.6 is 11.8 Å². The first-order valence-electron chi connectivity index (χ1n) is 7.24. The van der Waals surface area contributed by atoms with Crippen molar-refractivity contribution in [3.63, 3.8) is 0 Å². The van der Waals surface area contributed by atoms with Crippen molar-refractivity contribution in [1.82, 2.24) is 14.5 Å². The monoisotopic (exact) mass is 323 g/mol. The molecule has 0 amide bonds. The van der Waals surface area contributed by atoms with E-state index >= 15 is 0 Å². The molecule has 0 saturated carbocycles. The van der Waals surface area contributed by atoms with Gasteiger partial charge in [-0.15, -0.1) is 11.8 Å². The van der Waals surface area contributed by atoms with Crippen molar-refractivity contribution in [2.45, 2.75) is 11.6 Å². The number of thioether (sulfide) groups is 1. The molecule has 0 radical (unpaired) electrons. The molecule has 2 heterocycles. The van der Waals surface area contributed by atoms with Crippen molar-refractivity contribution < 1.29 is 4.42 Å². The maximum Gasteiger partial charge on any atom is 0.419 e. The molecule has 0 fully saturated rings. The molecule has 5 nitrogen and oxygen atoms in total. The first kappa shape index (κ1) is 14.0. The highest BCUT2D eigenvalue weighted by molar-refractivity contribution is 7.99. The topological polar surface area (TPSA) is 60.9 Å². The average molecular weight is 323 g/mol. The van der Waals surface area contributed by atoms with Gasteiger partial charge in [-0.25, -0.2) is 14.8 Å². The Hall–Kier alpha value is -2.60. The number of rotatable bonds is 4. The summed E-state index contributed by atoms with van der Waals surface area (Å²) in [4.78, 5) is 20.6. The Morgan fingerprint density at radius 1 is 1.04 bits per heavy atom. The summed E-state index contributed by atoms with van der Waals surface area (Å²) >= 11 is 1.61. The van der Waals surface area contributed by atoms with E-state index in [2.05, 4.69) is 9.97 Å². The highest BCUT2D eigenvalue weighted by atomic mass is 32.2. The van der Waals surface area contributed by atoms with Crippen LogP contribution < -0.4 is 5.76 Å². The van der Waals surface area contributed by atoms with Crippen LogP contribution in [0.25, 0.3) is 22.0 Å². The lowest BCUT2D eigenvalue weighted by atomic mass is 10.2. The molecular weight excluding hydrogens is 310 g/mol. The third-order valence-corrected chi connectivity index (χ3v) is 4.62. The predicted octanol–water partition coefficient (Wildman–Crippen LogP) is 3.33. The second kappa shape index (κ2) is 5.89. The Labute approximate surface area is 136 Å². The van der Waals surface area contributed by atoms with Crippen LogP contribution in [-0.4, -0.2) is 20.3 Å². The number of para-hydroxylation sites is 3. The van der Waals surface area contributed by atoms with Gasteiger partial charge < -0.3 is 4.42 Å². The molecule has 0 aliphatic heterocycles. The zero-order chi connectivity index (χ0) is 15.6. The van der Waals surface area contributed by atoms with Gasteiger partial charge in [0.25, 0.3) is 0 Å². The van der Waals surface area contributed by atoms with Crippen LogP contribution in [0.4, 0.5) is 0 Å². The minimum atomic E-state index is -0.320. The maximum atomic E-state index is 12.0. The molecule has 6 heteroatoms. The van der Waals surface area contributed by atoms with Crippen LogP contribution in [0, 0.1) is 0 Å². The summed E-state index contributed by atoms with van der Waals surface area (Å²) in [5.41, 5.74) is 2.37. The van der Waals surface area contributed by atoms with Gasteiger partial charge in [0, 0.05) is 17.7 Å². The van der Waals surface area contributed by atoms with E-state index in [9.17, 15) is 4.79 Å². The number of fused-ring (bicyclic) bond motifs is 2. The molecule has 0 saturated heterocycles. The lowest BCUT2D eigenvalue weighted by Crippen LogP contribution is -2.15. The summed E-state index contributed by atoms with van der Waals surface area (Å²) < 4.78 is 6.90. The number of oxazole rings is 1. The highest BCUT2D eigenvalue weighted by Gasteiger charge is 2.09. The van der Waals surface area contributed by atoms with Crippen molar-refractivity contribution >= 4 is 33.8 Å². The molecule has 0 spiro atoms. The van der Waals surface area contributed by atoms with Gasteiger partial charge in [0.05, 0.1) is 11.0 Å². The van der Waals surface area contributed by atoms with Gasteiger partial charge in [0.2, 0.25) is 0 Å². The molecule has 4 rings (SSSR count). The van der Waals surface area contributed by atoms with Gasteiger partial charge in [0.1, 0.15) is 11.4 Å². The van der Waals surface area contributed by atoms with E-state index in [-0.39, 0.29) is 5.76 Å². The Kier molecular flexibility index (Phi) is 3.59. The Bertz CT molecular complexity index is 1030. The minimum Gasteiger partial charge on any atom is -0.408 e. The second-order valence-electron chi connectivity index (χ2n) is 5.03. The van der Waals surface area contributed by atoms with E-state index in [0.29, 0.717) is 12.1 Å². The fourth-order valence-corrected chi connectivity index (χ4v) is 3.47. The molecular formula is C17H13N3O2S. The number of hydrogen-bond donors (Lipinski definition) is 0. The van der Waals surface area contributed by atoms with Crippen LogP contribution in [0.5, 0.6) is 0 Å². The third-order valence-electron chi connectivity index (χ3n) is 3.63. The van der Waals surface area contributed by atoms with E-state index in [1.807, 2.05) is 42.5 Å². The summed E-state index contributed by atoms with van der Waals surface area (Å²) in [6.45, 7) is 0.568. The number of benzene rings is 2. The lowest BCUT2D eigenvalue weighted by molar-refractivity contribution is 0.514. The molecule has 0 N–H and O–H groups in total. The molecule has 0 atom stereocenters. The first-order valence-corrected chi connectivity index (χ1v) is 8.22. The normalized spacial score (nSPS) is 11.3. The minimum absolute atomic E-state index is 0.320. The van der Waals surface area contributed by atoms with E-state index in [1.165, 1.54) is 0 Å². The summed E-state index contributed by atoms with van der Waals surface area (Å²) in [6.07, 6.45) is 1.57. The van der Waals surface area contributed by atoms with Crippen LogP contribution in [0.2, 0.25) is 0 Å². The summed E-state index contributed by atoms with van der Waals surface area (Å²) in [7, 11) is 0. The fraction of sp³-hybridized carbons (Fsp3) is 0.118. The Balaban J connectivity index is 1.57. The molecule has 114 valence electrons. The van der Waals surface area contributed by atoms with Crippen molar-refractivity contribution in [3.05, 3.63) is 65.4 Å². The van der Waals surface area contributed by atoms with Crippen LogP contribution in [0.3, 0.4) is 0 Å². The Morgan fingerprint density at radius 3 is 2.83 bits per heavy atom. The van der Waals surface area contributed by atoms with Crippen LogP contribution in [0.1, 0.15) is 0 Å². The van der Waals surface area contributed by atoms with Crippen molar-refractivity contribution in [1.29, 1.82) is 0 Å². The molecule has 0 unspecified atom stereocenters. The van der Waals surface area contributed by atoms with E-state index in [1.54, 1.807) is 28.7 Å². The second-order valence-corrected chi connectivity index (χ2v) is 6.12. The largest absolute Gasteiger partial charge is 0.419 e. The molecule has 23 heavy (non-hydrogen) atoms. The molecule has 2 aromatic carbocycles.